The van der Waals surface area contributed by atoms with Gasteiger partial charge in [-0.15, -0.1) is 0 Å². The van der Waals surface area contributed by atoms with Crippen LogP contribution in [0.25, 0.3) is 0 Å². The first kappa shape index (κ1) is 11.4. The third-order valence-corrected chi connectivity index (χ3v) is 3.47. The second kappa shape index (κ2) is 4.54. The lowest BCUT2D eigenvalue weighted by atomic mass is 9.98. The van der Waals surface area contributed by atoms with Crippen LogP contribution in [0.3, 0.4) is 0 Å². The Morgan fingerprint density at radius 3 is 2.56 bits per heavy atom. The maximum Gasteiger partial charge on any atom is 0.129 e. The molecule has 0 amide bonds. The van der Waals surface area contributed by atoms with Crippen molar-refractivity contribution in [3.63, 3.8) is 0 Å². The Balaban J connectivity index is 1.94. The zero-order valence-corrected chi connectivity index (χ0v) is 10.0. The molecular formula is C16H15FO. The Labute approximate surface area is 106 Å². The van der Waals surface area contributed by atoms with Gasteiger partial charge in [0, 0.05) is 5.56 Å². The van der Waals surface area contributed by atoms with Crippen LogP contribution >= 0.6 is 0 Å². The highest BCUT2D eigenvalue weighted by atomic mass is 19.1. The van der Waals surface area contributed by atoms with Gasteiger partial charge in [-0.05, 0) is 36.0 Å². The van der Waals surface area contributed by atoms with E-state index in [1.807, 2.05) is 18.2 Å². The van der Waals surface area contributed by atoms with Gasteiger partial charge < -0.3 is 5.11 Å². The van der Waals surface area contributed by atoms with E-state index in [1.54, 1.807) is 18.2 Å². The minimum absolute atomic E-state index is 0.338. The summed E-state index contributed by atoms with van der Waals surface area (Å²) in [5.41, 5.74) is 2.36. The van der Waals surface area contributed by atoms with E-state index in [0.717, 1.165) is 5.56 Å². The van der Waals surface area contributed by atoms with Gasteiger partial charge in [0.15, 0.2) is 0 Å². The van der Waals surface area contributed by atoms with E-state index in [-0.39, 0.29) is 5.82 Å². The van der Waals surface area contributed by atoms with E-state index >= 15 is 0 Å². The molecule has 0 spiro atoms. The number of benzene rings is 2. The minimum Gasteiger partial charge on any atom is -0.384 e. The SMILES string of the molecule is OC(c1cccc(C2CC2)c1)c1ccccc1F. The fourth-order valence-corrected chi connectivity index (χ4v) is 2.28. The Morgan fingerprint density at radius 2 is 1.83 bits per heavy atom. The van der Waals surface area contributed by atoms with Crippen LogP contribution in [-0.4, -0.2) is 5.11 Å². The van der Waals surface area contributed by atoms with Gasteiger partial charge in [0.2, 0.25) is 0 Å². The standard InChI is InChI=1S/C16H15FO/c17-15-7-2-1-6-14(15)16(18)13-5-3-4-12(10-13)11-8-9-11/h1-7,10-11,16,18H,8-9H2. The monoisotopic (exact) mass is 242 g/mol. The summed E-state index contributed by atoms with van der Waals surface area (Å²) >= 11 is 0. The molecule has 1 N–H and O–H groups in total. The third kappa shape index (κ3) is 2.16. The molecule has 0 bridgehead atoms. The van der Waals surface area contributed by atoms with Crippen LogP contribution in [0.15, 0.2) is 48.5 Å². The van der Waals surface area contributed by atoms with Crippen molar-refractivity contribution in [2.75, 3.05) is 0 Å². The van der Waals surface area contributed by atoms with E-state index in [4.69, 9.17) is 0 Å². The molecule has 0 heterocycles. The summed E-state index contributed by atoms with van der Waals surface area (Å²) in [6, 6.07) is 14.2. The molecule has 2 aromatic carbocycles. The largest absolute Gasteiger partial charge is 0.384 e. The molecule has 1 unspecified atom stereocenters. The summed E-state index contributed by atoms with van der Waals surface area (Å²) in [5.74, 6) is 0.277. The molecule has 0 saturated heterocycles. The molecule has 3 rings (SSSR count). The summed E-state index contributed by atoms with van der Waals surface area (Å²) in [6.07, 6.45) is 1.56. The third-order valence-electron chi connectivity index (χ3n) is 3.47. The molecule has 2 aromatic rings. The van der Waals surface area contributed by atoms with Gasteiger partial charge in [0.05, 0.1) is 0 Å². The molecule has 1 aliphatic rings. The number of aliphatic hydroxyl groups excluding tert-OH is 1. The minimum atomic E-state index is -0.884. The summed E-state index contributed by atoms with van der Waals surface area (Å²) in [4.78, 5) is 0. The lowest BCUT2D eigenvalue weighted by Crippen LogP contribution is -2.02. The van der Waals surface area contributed by atoms with Crippen LogP contribution in [0.4, 0.5) is 4.39 Å². The summed E-state index contributed by atoms with van der Waals surface area (Å²) in [6.45, 7) is 0. The van der Waals surface area contributed by atoms with Crippen molar-refractivity contribution < 1.29 is 9.50 Å². The Hall–Kier alpha value is -1.67. The number of rotatable bonds is 3. The molecule has 0 radical (unpaired) electrons. The van der Waals surface area contributed by atoms with Crippen LogP contribution in [0.2, 0.25) is 0 Å². The molecule has 0 aliphatic heterocycles. The fraction of sp³-hybridized carbons (Fsp3) is 0.250. The smallest absolute Gasteiger partial charge is 0.129 e. The average molecular weight is 242 g/mol. The Kier molecular flexibility index (Phi) is 2.88. The normalized spacial score (nSPS) is 16.6. The van der Waals surface area contributed by atoms with E-state index in [9.17, 15) is 9.50 Å². The average Bonchev–Trinajstić information content (AvgIpc) is 3.23. The van der Waals surface area contributed by atoms with Crippen molar-refractivity contribution in [1.82, 2.24) is 0 Å². The van der Waals surface area contributed by atoms with Crippen LogP contribution in [0.5, 0.6) is 0 Å². The van der Waals surface area contributed by atoms with Gasteiger partial charge in [0.1, 0.15) is 11.9 Å². The van der Waals surface area contributed by atoms with E-state index in [0.29, 0.717) is 11.5 Å². The van der Waals surface area contributed by atoms with Gasteiger partial charge in [-0.3, -0.25) is 0 Å². The molecule has 1 saturated carbocycles. The summed E-state index contributed by atoms with van der Waals surface area (Å²) < 4.78 is 13.6. The van der Waals surface area contributed by atoms with Crippen LogP contribution in [-0.2, 0) is 0 Å². The van der Waals surface area contributed by atoms with Gasteiger partial charge >= 0.3 is 0 Å². The highest BCUT2D eigenvalue weighted by Crippen LogP contribution is 2.40. The molecule has 92 valence electrons. The highest BCUT2D eigenvalue weighted by molar-refractivity contribution is 5.35. The van der Waals surface area contributed by atoms with Crippen molar-refractivity contribution in [2.45, 2.75) is 24.9 Å². The van der Waals surface area contributed by atoms with Crippen molar-refractivity contribution in [3.05, 3.63) is 71.0 Å². The van der Waals surface area contributed by atoms with Crippen molar-refractivity contribution in [2.24, 2.45) is 0 Å². The summed E-state index contributed by atoms with van der Waals surface area (Å²) in [5, 5.41) is 10.3. The zero-order chi connectivity index (χ0) is 12.5. The zero-order valence-electron chi connectivity index (χ0n) is 10.0. The molecule has 1 aliphatic carbocycles. The molecule has 2 heteroatoms. The molecule has 18 heavy (non-hydrogen) atoms. The van der Waals surface area contributed by atoms with E-state index in [2.05, 4.69) is 6.07 Å². The highest BCUT2D eigenvalue weighted by Gasteiger charge is 2.24. The van der Waals surface area contributed by atoms with Gasteiger partial charge in [-0.1, -0.05) is 42.5 Å². The lowest BCUT2D eigenvalue weighted by molar-refractivity contribution is 0.215. The second-order valence-electron chi connectivity index (χ2n) is 4.87. The predicted octanol–water partition coefficient (Wildman–Crippen LogP) is 3.78. The van der Waals surface area contributed by atoms with Crippen LogP contribution in [0.1, 0.15) is 41.6 Å². The quantitative estimate of drug-likeness (QED) is 0.868. The lowest BCUT2D eigenvalue weighted by Gasteiger charge is -2.13. The topological polar surface area (TPSA) is 20.2 Å². The van der Waals surface area contributed by atoms with Gasteiger partial charge in [-0.25, -0.2) is 4.39 Å². The number of halogens is 1. The first-order chi connectivity index (χ1) is 8.75. The van der Waals surface area contributed by atoms with Crippen LogP contribution < -0.4 is 0 Å². The molecule has 1 atom stereocenters. The number of hydrogen-bond donors (Lipinski definition) is 1. The van der Waals surface area contributed by atoms with E-state index in [1.165, 1.54) is 24.5 Å². The van der Waals surface area contributed by atoms with Gasteiger partial charge in [-0.2, -0.15) is 0 Å². The maximum absolute atomic E-state index is 13.6. The van der Waals surface area contributed by atoms with Crippen molar-refractivity contribution in [3.8, 4) is 0 Å². The molecule has 1 fully saturated rings. The van der Waals surface area contributed by atoms with Crippen molar-refractivity contribution in [1.29, 1.82) is 0 Å². The molecular weight excluding hydrogens is 227 g/mol. The van der Waals surface area contributed by atoms with E-state index < -0.39 is 6.10 Å². The van der Waals surface area contributed by atoms with Crippen LogP contribution in [0, 0.1) is 5.82 Å². The Morgan fingerprint density at radius 1 is 1.06 bits per heavy atom. The first-order valence-electron chi connectivity index (χ1n) is 6.28. The fourth-order valence-electron chi connectivity index (χ4n) is 2.28. The molecule has 1 nitrogen and oxygen atoms in total. The number of aliphatic hydroxyl groups is 1. The predicted molar refractivity (Wildman–Crippen MR) is 68.9 cm³/mol. The second-order valence-corrected chi connectivity index (χ2v) is 4.87. The van der Waals surface area contributed by atoms with Gasteiger partial charge in [0.25, 0.3) is 0 Å². The van der Waals surface area contributed by atoms with Crippen molar-refractivity contribution >= 4 is 0 Å². The first-order valence-corrected chi connectivity index (χ1v) is 6.28. The molecule has 0 aromatic heterocycles. The maximum atomic E-state index is 13.6. The summed E-state index contributed by atoms with van der Waals surface area (Å²) in [7, 11) is 0. The number of hydrogen-bond acceptors (Lipinski definition) is 1. The Bertz CT molecular complexity index is 561.